The van der Waals surface area contributed by atoms with Crippen LogP contribution >= 0.6 is 27.5 Å². The van der Waals surface area contributed by atoms with Gasteiger partial charge in [0.1, 0.15) is 5.82 Å². The van der Waals surface area contributed by atoms with Gasteiger partial charge in [-0.2, -0.15) is 0 Å². The molecule has 4 heteroatoms. The quantitative estimate of drug-likeness (QED) is 0.760. The molecule has 2 nitrogen and oxygen atoms in total. The third-order valence-electron chi connectivity index (χ3n) is 2.41. The van der Waals surface area contributed by atoms with Crippen LogP contribution in [0.15, 0.2) is 22.7 Å². The summed E-state index contributed by atoms with van der Waals surface area (Å²) in [6.45, 7) is 4.94. The third-order valence-corrected chi connectivity index (χ3v) is 3.10. The molecule has 1 aromatic heterocycles. The Morgan fingerprint density at radius 1 is 1.53 bits per heavy atom. The molecule has 1 heterocycles. The summed E-state index contributed by atoms with van der Waals surface area (Å²) in [6.07, 6.45) is 0. The number of nitrogens with zero attached hydrogens (tertiary/aromatic N) is 2. The normalized spacial score (nSPS) is 13.3. The number of benzene rings is 1. The van der Waals surface area contributed by atoms with E-state index < -0.39 is 0 Å². The van der Waals surface area contributed by atoms with E-state index >= 15 is 0 Å². The molecule has 0 spiro atoms. The fourth-order valence-corrected chi connectivity index (χ4v) is 2.27. The first-order valence-electron chi connectivity index (χ1n) is 4.93. The molecular weight excluding hydrogens is 275 g/mol. The highest BCUT2D eigenvalue weighted by molar-refractivity contribution is 9.10. The van der Waals surface area contributed by atoms with Crippen LogP contribution in [0, 0.1) is 0 Å². The highest BCUT2D eigenvalue weighted by Gasteiger charge is 2.13. The smallest absolute Gasteiger partial charge is 0.127 e. The lowest BCUT2D eigenvalue weighted by Gasteiger charge is -2.06. The number of rotatable bonds is 2. The first-order valence-corrected chi connectivity index (χ1v) is 6.16. The van der Waals surface area contributed by atoms with Crippen molar-refractivity contribution < 1.29 is 0 Å². The number of aryl methyl sites for hydroxylation is 1. The number of aromatic nitrogens is 2. The Morgan fingerprint density at radius 3 is 2.87 bits per heavy atom. The summed E-state index contributed by atoms with van der Waals surface area (Å²) in [5, 5.41) is -0.0591. The van der Waals surface area contributed by atoms with Crippen molar-refractivity contribution in [2.75, 3.05) is 0 Å². The molecule has 0 saturated carbocycles. The predicted molar refractivity (Wildman–Crippen MR) is 67.4 cm³/mol. The minimum atomic E-state index is -0.0591. The molecule has 15 heavy (non-hydrogen) atoms. The van der Waals surface area contributed by atoms with Gasteiger partial charge in [0.15, 0.2) is 0 Å². The van der Waals surface area contributed by atoms with Crippen LogP contribution in [0.5, 0.6) is 0 Å². The van der Waals surface area contributed by atoms with Crippen molar-refractivity contribution in [3.63, 3.8) is 0 Å². The number of fused-ring (bicyclic) bond motifs is 1. The van der Waals surface area contributed by atoms with Crippen LogP contribution in [-0.4, -0.2) is 9.55 Å². The summed E-state index contributed by atoms with van der Waals surface area (Å²) in [6, 6.07) is 6.08. The SMILES string of the molecule is CCn1c(C(C)Cl)nc2ccc(Br)cc21. The Labute approximate surface area is 102 Å². The summed E-state index contributed by atoms with van der Waals surface area (Å²) in [4.78, 5) is 4.53. The van der Waals surface area contributed by atoms with Gasteiger partial charge in [-0.15, -0.1) is 11.6 Å². The molecule has 1 unspecified atom stereocenters. The van der Waals surface area contributed by atoms with Gasteiger partial charge in [-0.3, -0.25) is 0 Å². The molecule has 1 aromatic carbocycles. The minimum Gasteiger partial charge on any atom is -0.327 e. The zero-order valence-electron chi connectivity index (χ0n) is 8.67. The summed E-state index contributed by atoms with van der Waals surface area (Å²) in [5.41, 5.74) is 2.14. The molecule has 0 aliphatic carbocycles. The van der Waals surface area contributed by atoms with Crippen molar-refractivity contribution in [3.8, 4) is 0 Å². The van der Waals surface area contributed by atoms with Gasteiger partial charge in [0.05, 0.1) is 16.4 Å². The first-order chi connectivity index (χ1) is 7.13. The van der Waals surface area contributed by atoms with Crippen molar-refractivity contribution in [3.05, 3.63) is 28.5 Å². The second-order valence-electron chi connectivity index (χ2n) is 3.46. The number of halogens is 2. The van der Waals surface area contributed by atoms with Crippen molar-refractivity contribution in [1.82, 2.24) is 9.55 Å². The highest BCUT2D eigenvalue weighted by atomic mass is 79.9. The average molecular weight is 288 g/mol. The van der Waals surface area contributed by atoms with Gasteiger partial charge in [0, 0.05) is 11.0 Å². The van der Waals surface area contributed by atoms with Crippen molar-refractivity contribution >= 4 is 38.6 Å². The molecule has 0 aliphatic heterocycles. The van der Waals surface area contributed by atoms with E-state index in [1.54, 1.807) is 0 Å². The average Bonchev–Trinajstić information content (AvgIpc) is 2.55. The molecule has 0 bridgehead atoms. The van der Waals surface area contributed by atoms with E-state index in [0.29, 0.717) is 0 Å². The fraction of sp³-hybridized carbons (Fsp3) is 0.364. The molecule has 0 aliphatic rings. The molecule has 0 radical (unpaired) electrons. The molecule has 0 saturated heterocycles. The van der Waals surface area contributed by atoms with Crippen LogP contribution < -0.4 is 0 Å². The second kappa shape index (κ2) is 4.14. The van der Waals surface area contributed by atoms with Crippen LogP contribution in [0.4, 0.5) is 0 Å². The van der Waals surface area contributed by atoms with Crippen LogP contribution in [0.25, 0.3) is 11.0 Å². The van der Waals surface area contributed by atoms with Gasteiger partial charge in [-0.25, -0.2) is 4.98 Å². The zero-order chi connectivity index (χ0) is 11.0. The van der Waals surface area contributed by atoms with Gasteiger partial charge < -0.3 is 4.57 Å². The van der Waals surface area contributed by atoms with E-state index in [-0.39, 0.29) is 5.38 Å². The highest BCUT2D eigenvalue weighted by Crippen LogP contribution is 2.26. The van der Waals surface area contributed by atoms with Crippen LogP contribution in [0.2, 0.25) is 0 Å². The first kappa shape index (κ1) is 11.0. The summed E-state index contributed by atoms with van der Waals surface area (Å²) >= 11 is 9.57. The standard InChI is InChI=1S/C11H12BrClN2/c1-3-15-10-6-8(12)4-5-9(10)14-11(15)7(2)13/h4-7H,3H2,1-2H3. The lowest BCUT2D eigenvalue weighted by molar-refractivity contribution is 0.717. The van der Waals surface area contributed by atoms with Gasteiger partial charge in [0.2, 0.25) is 0 Å². The Kier molecular flexibility index (Phi) is 3.03. The maximum Gasteiger partial charge on any atom is 0.127 e. The zero-order valence-corrected chi connectivity index (χ0v) is 11.0. The Bertz CT molecular complexity index is 491. The van der Waals surface area contributed by atoms with Gasteiger partial charge in [-0.1, -0.05) is 15.9 Å². The van der Waals surface area contributed by atoms with Crippen molar-refractivity contribution in [1.29, 1.82) is 0 Å². The van der Waals surface area contributed by atoms with Gasteiger partial charge >= 0.3 is 0 Å². The molecule has 1 atom stereocenters. The number of alkyl halides is 1. The molecule has 2 rings (SSSR count). The monoisotopic (exact) mass is 286 g/mol. The maximum absolute atomic E-state index is 6.10. The lowest BCUT2D eigenvalue weighted by atomic mass is 10.3. The van der Waals surface area contributed by atoms with Gasteiger partial charge in [-0.05, 0) is 32.0 Å². The molecule has 80 valence electrons. The topological polar surface area (TPSA) is 17.8 Å². The fourth-order valence-electron chi connectivity index (χ4n) is 1.75. The Hall–Kier alpha value is -0.540. The van der Waals surface area contributed by atoms with Crippen molar-refractivity contribution in [2.24, 2.45) is 0 Å². The summed E-state index contributed by atoms with van der Waals surface area (Å²) in [7, 11) is 0. The predicted octanol–water partition coefficient (Wildman–Crippen LogP) is 4.12. The minimum absolute atomic E-state index is 0.0591. The van der Waals surface area contributed by atoms with Crippen LogP contribution in [0.3, 0.4) is 0 Å². The molecular formula is C11H12BrClN2. The van der Waals surface area contributed by atoms with Crippen LogP contribution in [0.1, 0.15) is 25.0 Å². The van der Waals surface area contributed by atoms with E-state index in [9.17, 15) is 0 Å². The summed E-state index contributed by atoms with van der Waals surface area (Å²) in [5.74, 6) is 0.937. The molecule has 0 amide bonds. The number of imidazole rings is 1. The summed E-state index contributed by atoms with van der Waals surface area (Å²) < 4.78 is 3.22. The van der Waals surface area contributed by atoms with E-state index in [0.717, 1.165) is 27.9 Å². The molecule has 2 aromatic rings. The molecule has 0 fully saturated rings. The Balaban J connectivity index is 2.74. The van der Waals surface area contributed by atoms with E-state index in [1.807, 2.05) is 19.1 Å². The maximum atomic E-state index is 6.10. The lowest BCUT2D eigenvalue weighted by Crippen LogP contribution is -2.01. The second-order valence-corrected chi connectivity index (χ2v) is 5.03. The third kappa shape index (κ3) is 1.91. The largest absolute Gasteiger partial charge is 0.327 e. The van der Waals surface area contributed by atoms with E-state index in [4.69, 9.17) is 11.6 Å². The number of hydrogen-bond donors (Lipinski definition) is 0. The van der Waals surface area contributed by atoms with Crippen LogP contribution in [-0.2, 0) is 6.54 Å². The van der Waals surface area contributed by atoms with E-state index in [2.05, 4.69) is 38.5 Å². The molecule has 0 N–H and O–H groups in total. The van der Waals surface area contributed by atoms with Crippen molar-refractivity contribution in [2.45, 2.75) is 25.8 Å². The van der Waals surface area contributed by atoms with E-state index in [1.165, 1.54) is 0 Å². The van der Waals surface area contributed by atoms with Gasteiger partial charge in [0.25, 0.3) is 0 Å². The number of hydrogen-bond acceptors (Lipinski definition) is 1. The Morgan fingerprint density at radius 2 is 2.27 bits per heavy atom.